The van der Waals surface area contributed by atoms with Crippen LogP contribution in [0.4, 0.5) is 4.79 Å². The summed E-state index contributed by atoms with van der Waals surface area (Å²) in [5.41, 5.74) is 0.873. The maximum Gasteiger partial charge on any atom is 0.419 e. The first-order valence-electron chi connectivity index (χ1n) is 14.0. The molecular formula is C34H35NO8S. The Labute approximate surface area is 257 Å². The minimum Gasteiger partial charge on any atom is -0.457 e. The van der Waals surface area contributed by atoms with Crippen LogP contribution in [0.3, 0.4) is 0 Å². The molecule has 4 rings (SSSR count). The first-order valence-corrected chi connectivity index (χ1v) is 15.9. The first kappa shape index (κ1) is 32.2. The molecule has 0 saturated carbocycles. The molecule has 0 aliphatic carbocycles. The van der Waals surface area contributed by atoms with Gasteiger partial charge in [0.05, 0.1) is 10.6 Å². The molecule has 0 bridgehead atoms. The second kappa shape index (κ2) is 12.9. The fraction of sp³-hybridized carbons (Fsp3) is 0.265. The second-order valence-electron chi connectivity index (χ2n) is 11.6. The molecule has 0 N–H and O–H groups in total. The fourth-order valence-electron chi connectivity index (χ4n) is 4.30. The number of aromatic nitrogens is 1. The van der Waals surface area contributed by atoms with Gasteiger partial charge in [-0.05, 0) is 80.9 Å². The zero-order chi connectivity index (χ0) is 32.2. The normalized spacial score (nSPS) is 11.7. The molecule has 0 unspecified atom stereocenters. The molecule has 0 aliphatic rings. The van der Waals surface area contributed by atoms with Gasteiger partial charge in [0.15, 0.2) is 15.6 Å². The number of ketones is 1. The Kier molecular flexibility index (Phi) is 9.44. The SMILES string of the molecule is CC(C)C(=O)c1cc(Oc2ccc(S(C)(=O)=O)cc2)cc(-c2ccc(C(=O)OCc3ccccc3)n2C(=O)OC(C)(C)C)c1. The van der Waals surface area contributed by atoms with Crippen LogP contribution in [0.5, 0.6) is 11.5 Å². The minimum atomic E-state index is -3.40. The summed E-state index contributed by atoms with van der Waals surface area (Å²) in [7, 11) is -3.40. The number of Topliss-reactive ketones (excluding diaryl/α,β-unsaturated/α-hetero) is 1. The van der Waals surface area contributed by atoms with Crippen molar-refractivity contribution in [1.29, 1.82) is 0 Å². The molecule has 44 heavy (non-hydrogen) atoms. The molecule has 0 saturated heterocycles. The fourth-order valence-corrected chi connectivity index (χ4v) is 4.93. The molecule has 10 heteroatoms. The molecule has 3 aromatic carbocycles. The van der Waals surface area contributed by atoms with Crippen molar-refractivity contribution >= 4 is 27.7 Å². The van der Waals surface area contributed by atoms with Gasteiger partial charge in [-0.25, -0.2) is 22.6 Å². The predicted molar refractivity (Wildman–Crippen MR) is 166 cm³/mol. The van der Waals surface area contributed by atoms with Gasteiger partial charge in [-0.15, -0.1) is 0 Å². The van der Waals surface area contributed by atoms with Crippen molar-refractivity contribution in [3.05, 3.63) is 102 Å². The minimum absolute atomic E-state index is 0.00297. The average molecular weight is 618 g/mol. The number of esters is 1. The van der Waals surface area contributed by atoms with Gasteiger partial charge < -0.3 is 14.2 Å². The van der Waals surface area contributed by atoms with E-state index < -0.39 is 27.5 Å². The van der Waals surface area contributed by atoms with Gasteiger partial charge in [-0.3, -0.25) is 4.79 Å². The van der Waals surface area contributed by atoms with Gasteiger partial charge in [-0.2, -0.15) is 0 Å². The Balaban J connectivity index is 1.79. The van der Waals surface area contributed by atoms with Crippen LogP contribution >= 0.6 is 0 Å². The summed E-state index contributed by atoms with van der Waals surface area (Å²) < 4.78 is 42.1. The van der Waals surface area contributed by atoms with Gasteiger partial charge >= 0.3 is 12.1 Å². The van der Waals surface area contributed by atoms with Gasteiger partial charge in [-0.1, -0.05) is 44.2 Å². The Bertz CT molecular complexity index is 1780. The maximum atomic E-state index is 13.5. The molecular weight excluding hydrogens is 582 g/mol. The lowest BCUT2D eigenvalue weighted by atomic mass is 9.98. The zero-order valence-electron chi connectivity index (χ0n) is 25.5. The molecule has 0 amide bonds. The number of ether oxygens (including phenoxy) is 3. The highest BCUT2D eigenvalue weighted by Gasteiger charge is 2.27. The van der Waals surface area contributed by atoms with E-state index in [-0.39, 0.29) is 40.3 Å². The highest BCUT2D eigenvalue weighted by molar-refractivity contribution is 7.90. The third-order valence-corrected chi connectivity index (χ3v) is 7.51. The molecule has 230 valence electrons. The number of nitrogens with zero attached hydrogens (tertiary/aromatic N) is 1. The first-order chi connectivity index (χ1) is 20.6. The van der Waals surface area contributed by atoms with Crippen molar-refractivity contribution in [3.8, 4) is 22.8 Å². The van der Waals surface area contributed by atoms with Crippen molar-refractivity contribution < 1.29 is 37.0 Å². The van der Waals surface area contributed by atoms with E-state index in [9.17, 15) is 22.8 Å². The van der Waals surface area contributed by atoms with E-state index in [4.69, 9.17) is 14.2 Å². The molecule has 0 atom stereocenters. The predicted octanol–water partition coefficient (Wildman–Crippen LogP) is 7.33. The van der Waals surface area contributed by atoms with Crippen LogP contribution in [0.15, 0.2) is 89.8 Å². The summed E-state index contributed by atoms with van der Waals surface area (Å²) >= 11 is 0. The number of benzene rings is 3. The summed E-state index contributed by atoms with van der Waals surface area (Å²) in [5.74, 6) is -0.632. The second-order valence-corrected chi connectivity index (χ2v) is 13.6. The van der Waals surface area contributed by atoms with E-state index in [1.165, 1.54) is 30.3 Å². The van der Waals surface area contributed by atoms with Gasteiger partial charge in [0.1, 0.15) is 29.4 Å². The van der Waals surface area contributed by atoms with Gasteiger partial charge in [0.2, 0.25) is 0 Å². The summed E-state index contributed by atoms with van der Waals surface area (Å²) in [6.45, 7) is 8.68. The van der Waals surface area contributed by atoms with Crippen LogP contribution < -0.4 is 4.74 Å². The summed E-state index contributed by atoms with van der Waals surface area (Å²) in [6.07, 6.45) is 0.310. The van der Waals surface area contributed by atoms with Gasteiger partial charge in [0.25, 0.3) is 0 Å². The van der Waals surface area contributed by atoms with Crippen LogP contribution in [-0.4, -0.2) is 42.7 Å². The third kappa shape index (κ3) is 8.02. The van der Waals surface area contributed by atoms with E-state index in [1.54, 1.807) is 58.9 Å². The van der Waals surface area contributed by atoms with E-state index in [2.05, 4.69) is 0 Å². The van der Waals surface area contributed by atoms with E-state index in [1.807, 2.05) is 30.3 Å². The van der Waals surface area contributed by atoms with Crippen molar-refractivity contribution in [3.63, 3.8) is 0 Å². The molecule has 0 aliphatic heterocycles. The molecule has 0 fully saturated rings. The summed E-state index contributed by atoms with van der Waals surface area (Å²) in [5, 5.41) is 0. The van der Waals surface area contributed by atoms with Crippen LogP contribution in [0, 0.1) is 5.92 Å². The highest BCUT2D eigenvalue weighted by atomic mass is 32.2. The Morgan fingerprint density at radius 3 is 2.09 bits per heavy atom. The monoisotopic (exact) mass is 617 g/mol. The summed E-state index contributed by atoms with van der Waals surface area (Å²) in [6, 6.07) is 22.9. The van der Waals surface area contributed by atoms with Crippen LogP contribution in [-0.2, 0) is 25.9 Å². The average Bonchev–Trinajstić information content (AvgIpc) is 3.40. The smallest absolute Gasteiger partial charge is 0.419 e. The maximum absolute atomic E-state index is 13.5. The largest absolute Gasteiger partial charge is 0.457 e. The van der Waals surface area contributed by atoms with E-state index in [0.29, 0.717) is 16.9 Å². The topological polar surface area (TPSA) is 118 Å². The molecule has 1 aromatic heterocycles. The number of carbonyl (C=O) groups excluding carboxylic acids is 3. The van der Waals surface area contributed by atoms with Crippen molar-refractivity contribution in [2.24, 2.45) is 5.92 Å². The zero-order valence-corrected chi connectivity index (χ0v) is 26.3. The Hall–Kier alpha value is -4.70. The Morgan fingerprint density at radius 2 is 1.50 bits per heavy atom. The number of sulfone groups is 1. The number of carbonyl (C=O) groups is 3. The van der Waals surface area contributed by atoms with E-state index >= 15 is 0 Å². The molecule has 0 spiro atoms. The summed E-state index contributed by atoms with van der Waals surface area (Å²) in [4.78, 5) is 40.0. The van der Waals surface area contributed by atoms with Crippen molar-refractivity contribution in [2.75, 3.05) is 6.26 Å². The Morgan fingerprint density at radius 1 is 0.841 bits per heavy atom. The number of rotatable bonds is 9. The lowest BCUT2D eigenvalue weighted by Gasteiger charge is -2.22. The third-order valence-electron chi connectivity index (χ3n) is 6.38. The van der Waals surface area contributed by atoms with E-state index in [0.717, 1.165) is 16.4 Å². The number of hydrogen-bond acceptors (Lipinski definition) is 8. The molecule has 9 nitrogen and oxygen atoms in total. The lowest BCUT2D eigenvalue weighted by molar-refractivity contribution is 0.0416. The number of hydrogen-bond donors (Lipinski definition) is 0. The standard InChI is InChI=1S/C34H35NO8S/c1-22(2)31(36)25-18-24(19-27(20-25)42-26-12-14-28(15-13-26)44(6,39)40)29-16-17-30(35(29)33(38)43-34(3,4)5)32(37)41-21-23-10-8-7-9-11-23/h7-20,22H,21H2,1-6H3. The highest BCUT2D eigenvalue weighted by Crippen LogP contribution is 2.33. The lowest BCUT2D eigenvalue weighted by Crippen LogP contribution is -2.29. The van der Waals surface area contributed by atoms with Crippen LogP contribution in [0.1, 0.15) is 61.0 Å². The molecule has 0 radical (unpaired) electrons. The van der Waals surface area contributed by atoms with Crippen molar-refractivity contribution in [2.45, 2.75) is 51.7 Å². The van der Waals surface area contributed by atoms with Crippen molar-refractivity contribution in [1.82, 2.24) is 4.57 Å². The van der Waals surface area contributed by atoms with Crippen LogP contribution in [0.2, 0.25) is 0 Å². The molecule has 4 aromatic rings. The molecule has 1 heterocycles. The van der Waals surface area contributed by atoms with Crippen LogP contribution in [0.25, 0.3) is 11.3 Å². The quantitative estimate of drug-likeness (QED) is 0.142. The van der Waals surface area contributed by atoms with Gasteiger partial charge in [0, 0.05) is 23.3 Å².